The van der Waals surface area contributed by atoms with E-state index in [1.165, 1.54) is 12.1 Å². The number of hydrogen-bond acceptors (Lipinski definition) is 6. The number of esters is 1. The van der Waals surface area contributed by atoms with E-state index in [2.05, 4.69) is 5.32 Å². The fourth-order valence-corrected chi connectivity index (χ4v) is 4.73. The van der Waals surface area contributed by atoms with Gasteiger partial charge in [0.25, 0.3) is 5.91 Å². The lowest BCUT2D eigenvalue weighted by Crippen LogP contribution is -2.30. The maximum absolute atomic E-state index is 13.1. The Hall–Kier alpha value is -3.30. The molecule has 0 saturated carbocycles. The third-order valence-electron chi connectivity index (χ3n) is 5.94. The zero-order chi connectivity index (χ0) is 24.3. The third kappa shape index (κ3) is 5.43. The zero-order valence-electron chi connectivity index (χ0n) is 19.0. The van der Waals surface area contributed by atoms with Crippen molar-refractivity contribution in [3.8, 4) is 0 Å². The molecule has 0 radical (unpaired) electrons. The summed E-state index contributed by atoms with van der Waals surface area (Å²) < 4.78 is 28.0. The third-order valence-corrected chi connectivity index (χ3v) is 6.87. The molecule has 1 amide bonds. The first-order valence-electron chi connectivity index (χ1n) is 11.2. The predicted molar refractivity (Wildman–Crippen MR) is 128 cm³/mol. The number of carbonyl (C=O) groups excluding carboxylic acids is 2. The maximum atomic E-state index is 13.1. The van der Waals surface area contributed by atoms with E-state index in [9.17, 15) is 18.0 Å². The average molecular weight is 482 g/mol. The van der Waals surface area contributed by atoms with Crippen LogP contribution in [0, 0.1) is 6.92 Å². The number of nitrogens with zero attached hydrogens (tertiary/aromatic N) is 1. The van der Waals surface area contributed by atoms with Gasteiger partial charge in [-0.05, 0) is 74.4 Å². The Morgan fingerprint density at radius 3 is 2.56 bits per heavy atom. The van der Waals surface area contributed by atoms with Gasteiger partial charge >= 0.3 is 5.97 Å². The van der Waals surface area contributed by atoms with Crippen LogP contribution >= 0.6 is 0 Å². The predicted octanol–water partition coefficient (Wildman–Crippen LogP) is 2.59. The van der Waals surface area contributed by atoms with Gasteiger partial charge in [-0.2, -0.15) is 0 Å². The van der Waals surface area contributed by atoms with Crippen LogP contribution in [0.1, 0.15) is 45.6 Å². The van der Waals surface area contributed by atoms with Gasteiger partial charge in [0.1, 0.15) is 0 Å². The van der Waals surface area contributed by atoms with Crippen LogP contribution < -0.4 is 10.5 Å². The van der Waals surface area contributed by atoms with Crippen molar-refractivity contribution in [3.63, 3.8) is 0 Å². The standard InChI is InChI=1S/C25H27N3O5S/c1-16-6-11-22-20(14-16)24(19-4-2-3-5-21(19)28-22)25(30)33-15-23(29)27-13-12-17-7-9-18(10-8-17)34(26,31)32/h6-11,14H,2-5,12-13,15H2,1H3,(H,27,29)(H2,26,31,32). The molecule has 1 aliphatic rings. The molecular formula is C25H27N3O5S. The van der Waals surface area contributed by atoms with Gasteiger partial charge in [-0.25, -0.2) is 18.4 Å². The first-order chi connectivity index (χ1) is 16.2. The molecule has 34 heavy (non-hydrogen) atoms. The van der Waals surface area contributed by atoms with Crippen molar-refractivity contribution < 1.29 is 22.7 Å². The normalized spacial score (nSPS) is 13.4. The summed E-state index contributed by atoms with van der Waals surface area (Å²) in [5, 5.41) is 8.57. The van der Waals surface area contributed by atoms with Crippen LogP contribution in [-0.2, 0) is 38.8 Å². The molecule has 0 unspecified atom stereocenters. The Balaban J connectivity index is 1.38. The fourth-order valence-electron chi connectivity index (χ4n) is 4.22. The molecule has 3 aromatic rings. The summed E-state index contributed by atoms with van der Waals surface area (Å²) in [6.45, 7) is 1.90. The van der Waals surface area contributed by atoms with Gasteiger partial charge in [0, 0.05) is 17.6 Å². The molecule has 8 nitrogen and oxygen atoms in total. The van der Waals surface area contributed by atoms with Crippen LogP contribution in [0.4, 0.5) is 0 Å². The Kier molecular flexibility index (Phi) is 6.95. The minimum atomic E-state index is -3.74. The molecule has 9 heteroatoms. The summed E-state index contributed by atoms with van der Waals surface area (Å²) in [6, 6.07) is 12.0. The van der Waals surface area contributed by atoms with E-state index in [0.29, 0.717) is 18.5 Å². The summed E-state index contributed by atoms with van der Waals surface area (Å²) >= 11 is 0. The highest BCUT2D eigenvalue weighted by Gasteiger charge is 2.24. The first kappa shape index (κ1) is 23.8. The summed E-state index contributed by atoms with van der Waals surface area (Å²) in [7, 11) is -3.74. The maximum Gasteiger partial charge on any atom is 0.339 e. The molecule has 0 spiro atoms. The topological polar surface area (TPSA) is 128 Å². The fraction of sp³-hybridized carbons (Fsp3) is 0.320. The highest BCUT2D eigenvalue weighted by atomic mass is 32.2. The minimum Gasteiger partial charge on any atom is -0.452 e. The minimum absolute atomic E-state index is 0.0354. The monoisotopic (exact) mass is 481 g/mol. The number of aryl methyl sites for hydroxylation is 2. The van der Waals surface area contributed by atoms with Crippen LogP contribution in [0.3, 0.4) is 0 Å². The number of hydrogen-bond donors (Lipinski definition) is 2. The molecule has 0 atom stereocenters. The van der Waals surface area contributed by atoms with E-state index < -0.39 is 21.9 Å². The lowest BCUT2D eigenvalue weighted by atomic mass is 9.89. The van der Waals surface area contributed by atoms with E-state index in [-0.39, 0.29) is 11.5 Å². The van der Waals surface area contributed by atoms with Gasteiger partial charge in [0.2, 0.25) is 10.0 Å². The second-order valence-corrected chi connectivity index (χ2v) is 10.1. The molecule has 1 aromatic heterocycles. The Bertz CT molecular complexity index is 1350. The number of rotatable bonds is 7. The van der Waals surface area contributed by atoms with Crippen molar-refractivity contribution >= 4 is 32.8 Å². The molecule has 178 valence electrons. The van der Waals surface area contributed by atoms with Crippen molar-refractivity contribution in [1.29, 1.82) is 0 Å². The molecule has 3 N–H and O–H groups in total. The van der Waals surface area contributed by atoms with Crippen molar-refractivity contribution in [1.82, 2.24) is 10.3 Å². The van der Waals surface area contributed by atoms with Gasteiger partial charge in [0.15, 0.2) is 6.61 Å². The number of nitrogens with two attached hydrogens (primary N) is 1. The molecule has 2 aromatic carbocycles. The Labute approximate surface area is 198 Å². The number of amides is 1. The Morgan fingerprint density at radius 1 is 1.09 bits per heavy atom. The molecule has 4 rings (SSSR count). The van der Waals surface area contributed by atoms with Gasteiger partial charge < -0.3 is 10.1 Å². The number of benzene rings is 2. The number of nitrogens with one attached hydrogen (secondary N) is 1. The summed E-state index contributed by atoms with van der Waals surface area (Å²) in [4.78, 5) is 30.1. The molecular weight excluding hydrogens is 454 g/mol. The van der Waals surface area contributed by atoms with Crippen molar-refractivity contribution in [2.75, 3.05) is 13.2 Å². The van der Waals surface area contributed by atoms with Gasteiger partial charge in [-0.3, -0.25) is 9.78 Å². The van der Waals surface area contributed by atoms with E-state index in [1.807, 2.05) is 25.1 Å². The van der Waals surface area contributed by atoms with Gasteiger partial charge in [-0.15, -0.1) is 0 Å². The number of primary sulfonamides is 1. The van der Waals surface area contributed by atoms with Crippen LogP contribution in [0.5, 0.6) is 0 Å². The molecule has 1 heterocycles. The second kappa shape index (κ2) is 9.90. The van der Waals surface area contributed by atoms with Crippen molar-refractivity contribution in [3.05, 3.63) is 70.4 Å². The zero-order valence-corrected chi connectivity index (χ0v) is 19.8. The number of fused-ring (bicyclic) bond motifs is 2. The molecule has 0 saturated heterocycles. The smallest absolute Gasteiger partial charge is 0.339 e. The molecule has 0 bridgehead atoms. The highest BCUT2D eigenvalue weighted by molar-refractivity contribution is 7.89. The highest BCUT2D eigenvalue weighted by Crippen LogP contribution is 2.30. The average Bonchev–Trinajstić information content (AvgIpc) is 2.81. The van der Waals surface area contributed by atoms with E-state index in [4.69, 9.17) is 14.9 Å². The van der Waals surface area contributed by atoms with E-state index in [0.717, 1.165) is 59.0 Å². The summed E-state index contributed by atoms with van der Waals surface area (Å²) in [5.41, 5.74) is 5.01. The number of carbonyl (C=O) groups is 2. The largest absolute Gasteiger partial charge is 0.452 e. The van der Waals surface area contributed by atoms with Crippen LogP contribution in [0.15, 0.2) is 47.4 Å². The van der Waals surface area contributed by atoms with Crippen molar-refractivity contribution in [2.24, 2.45) is 5.14 Å². The van der Waals surface area contributed by atoms with Crippen molar-refractivity contribution in [2.45, 2.75) is 43.9 Å². The van der Waals surface area contributed by atoms with E-state index >= 15 is 0 Å². The van der Waals surface area contributed by atoms with Gasteiger partial charge in [0.05, 0.1) is 16.0 Å². The second-order valence-electron chi connectivity index (χ2n) is 8.50. The lowest BCUT2D eigenvalue weighted by Gasteiger charge is -2.20. The van der Waals surface area contributed by atoms with Crippen LogP contribution in [0.25, 0.3) is 10.9 Å². The summed E-state index contributed by atoms with van der Waals surface area (Å²) in [5.74, 6) is -0.914. The van der Waals surface area contributed by atoms with Crippen LogP contribution in [0.2, 0.25) is 0 Å². The Morgan fingerprint density at radius 2 is 1.82 bits per heavy atom. The van der Waals surface area contributed by atoms with Crippen LogP contribution in [-0.4, -0.2) is 38.4 Å². The first-order valence-corrected chi connectivity index (χ1v) is 12.7. The SMILES string of the molecule is Cc1ccc2nc3c(c(C(=O)OCC(=O)NCCc4ccc(S(N)(=O)=O)cc4)c2c1)CCCC3. The summed E-state index contributed by atoms with van der Waals surface area (Å²) in [6.07, 6.45) is 4.13. The molecule has 0 fully saturated rings. The molecule has 1 aliphatic carbocycles. The number of pyridine rings is 1. The number of ether oxygens (including phenoxy) is 1. The van der Waals surface area contributed by atoms with E-state index in [1.54, 1.807) is 12.1 Å². The van der Waals surface area contributed by atoms with Gasteiger partial charge in [-0.1, -0.05) is 23.8 Å². The quantitative estimate of drug-likeness (QED) is 0.499. The number of sulfonamides is 1. The number of aromatic nitrogens is 1. The lowest BCUT2D eigenvalue weighted by molar-refractivity contribution is -0.124. The molecule has 0 aliphatic heterocycles.